The Kier molecular flexibility index (Phi) is 8.32. The lowest BCUT2D eigenvalue weighted by Crippen LogP contribution is -2.51. The van der Waals surface area contributed by atoms with E-state index < -0.39 is 24.0 Å². The van der Waals surface area contributed by atoms with E-state index in [0.29, 0.717) is 39.3 Å². The van der Waals surface area contributed by atoms with Crippen LogP contribution in [-0.2, 0) is 9.59 Å². The third-order valence-electron chi connectivity index (χ3n) is 4.11. The normalized spacial score (nSPS) is 23.0. The van der Waals surface area contributed by atoms with E-state index >= 15 is 0 Å². The molecule has 0 aliphatic carbocycles. The van der Waals surface area contributed by atoms with Crippen molar-refractivity contribution in [3.05, 3.63) is 0 Å². The monoisotopic (exact) mass is 316 g/mol. The lowest BCUT2D eigenvalue weighted by molar-refractivity contribution is -0.144. The molecule has 2 atom stereocenters. The molecular weight excluding hydrogens is 288 g/mol. The van der Waals surface area contributed by atoms with Gasteiger partial charge in [0.1, 0.15) is 12.1 Å². The van der Waals surface area contributed by atoms with Crippen LogP contribution in [0.15, 0.2) is 0 Å². The molecule has 2 unspecified atom stereocenters. The number of carboxylic acid groups (broad SMARTS) is 2. The van der Waals surface area contributed by atoms with Crippen molar-refractivity contribution < 1.29 is 19.8 Å². The SMILES string of the molecule is CC(C(=O)O)N1CCNCCNCCN(C(C)C(=O)O)CC1. The van der Waals surface area contributed by atoms with E-state index in [4.69, 9.17) is 0 Å². The van der Waals surface area contributed by atoms with Gasteiger partial charge >= 0.3 is 11.9 Å². The molecule has 0 amide bonds. The van der Waals surface area contributed by atoms with Gasteiger partial charge in [-0.1, -0.05) is 0 Å². The van der Waals surface area contributed by atoms with E-state index in [1.165, 1.54) is 0 Å². The molecule has 0 spiro atoms. The minimum atomic E-state index is -0.855. The fourth-order valence-electron chi connectivity index (χ4n) is 2.44. The largest absolute Gasteiger partial charge is 0.480 e. The maximum atomic E-state index is 11.2. The summed E-state index contributed by atoms with van der Waals surface area (Å²) in [5, 5.41) is 25.0. The van der Waals surface area contributed by atoms with Gasteiger partial charge in [0.05, 0.1) is 0 Å². The zero-order chi connectivity index (χ0) is 16.5. The third-order valence-corrected chi connectivity index (χ3v) is 4.11. The van der Waals surface area contributed by atoms with Gasteiger partial charge in [0.15, 0.2) is 0 Å². The Hall–Kier alpha value is -1.22. The average Bonchev–Trinajstić information content (AvgIpc) is 2.46. The smallest absolute Gasteiger partial charge is 0.320 e. The minimum absolute atomic E-state index is 0.534. The van der Waals surface area contributed by atoms with Crippen molar-refractivity contribution >= 4 is 11.9 Å². The molecule has 0 radical (unpaired) electrons. The van der Waals surface area contributed by atoms with Gasteiger partial charge in [0.25, 0.3) is 0 Å². The first-order chi connectivity index (χ1) is 10.4. The van der Waals surface area contributed by atoms with Gasteiger partial charge < -0.3 is 20.8 Å². The molecule has 1 saturated heterocycles. The van der Waals surface area contributed by atoms with E-state index in [0.717, 1.165) is 13.1 Å². The van der Waals surface area contributed by atoms with Crippen LogP contribution in [0.1, 0.15) is 13.8 Å². The van der Waals surface area contributed by atoms with Crippen LogP contribution in [0.5, 0.6) is 0 Å². The van der Waals surface area contributed by atoms with Gasteiger partial charge in [0, 0.05) is 52.4 Å². The van der Waals surface area contributed by atoms with E-state index in [1.54, 1.807) is 13.8 Å². The van der Waals surface area contributed by atoms with E-state index in [1.807, 2.05) is 9.80 Å². The number of hydrogen-bond donors (Lipinski definition) is 4. The van der Waals surface area contributed by atoms with Gasteiger partial charge in [-0.15, -0.1) is 0 Å². The van der Waals surface area contributed by atoms with Crippen molar-refractivity contribution in [3.63, 3.8) is 0 Å². The Morgan fingerprint density at radius 3 is 1.45 bits per heavy atom. The Bertz CT molecular complexity index is 333. The summed E-state index contributed by atoms with van der Waals surface area (Å²) >= 11 is 0. The predicted octanol–water partition coefficient (Wildman–Crippen LogP) is -1.27. The van der Waals surface area contributed by atoms with Crippen LogP contribution in [-0.4, -0.2) is 96.4 Å². The highest BCUT2D eigenvalue weighted by Gasteiger charge is 2.24. The fraction of sp³-hybridized carbons (Fsp3) is 0.857. The second kappa shape index (κ2) is 9.73. The van der Waals surface area contributed by atoms with Crippen LogP contribution in [0, 0.1) is 0 Å². The zero-order valence-electron chi connectivity index (χ0n) is 13.4. The maximum Gasteiger partial charge on any atom is 0.320 e. The Balaban J connectivity index is 2.72. The topological polar surface area (TPSA) is 105 Å². The van der Waals surface area contributed by atoms with Crippen molar-refractivity contribution in [1.82, 2.24) is 20.4 Å². The van der Waals surface area contributed by atoms with Crippen LogP contribution in [0.2, 0.25) is 0 Å². The highest BCUT2D eigenvalue weighted by molar-refractivity contribution is 5.73. The first-order valence-electron chi connectivity index (χ1n) is 7.78. The molecule has 0 aromatic heterocycles. The molecule has 0 saturated carbocycles. The maximum absolute atomic E-state index is 11.2. The molecule has 0 aromatic carbocycles. The van der Waals surface area contributed by atoms with Crippen molar-refractivity contribution in [2.75, 3.05) is 52.4 Å². The molecule has 8 heteroatoms. The van der Waals surface area contributed by atoms with Crippen molar-refractivity contribution in [2.24, 2.45) is 0 Å². The summed E-state index contributed by atoms with van der Waals surface area (Å²) in [7, 11) is 0. The molecule has 1 fully saturated rings. The zero-order valence-corrected chi connectivity index (χ0v) is 13.4. The molecule has 1 rings (SSSR count). The molecular formula is C14H28N4O4. The highest BCUT2D eigenvalue weighted by atomic mass is 16.4. The summed E-state index contributed by atoms with van der Waals surface area (Å²) < 4.78 is 0. The molecule has 128 valence electrons. The number of aliphatic carboxylic acids is 2. The van der Waals surface area contributed by atoms with Crippen molar-refractivity contribution in [1.29, 1.82) is 0 Å². The molecule has 8 nitrogen and oxygen atoms in total. The lowest BCUT2D eigenvalue weighted by Gasteiger charge is -2.32. The Morgan fingerprint density at radius 2 is 1.14 bits per heavy atom. The molecule has 4 N–H and O–H groups in total. The second-order valence-corrected chi connectivity index (χ2v) is 5.60. The minimum Gasteiger partial charge on any atom is -0.480 e. The van der Waals surface area contributed by atoms with Gasteiger partial charge in [0.2, 0.25) is 0 Å². The standard InChI is InChI=1S/C14H28N4O4/c1-11(13(19)20)17-7-5-15-3-4-16-6-8-18(10-9-17)12(2)14(21)22/h11-12,15-16H,3-10H2,1-2H3,(H,19,20)(H,21,22). The molecule has 0 bridgehead atoms. The van der Waals surface area contributed by atoms with Gasteiger partial charge in [-0.25, -0.2) is 0 Å². The van der Waals surface area contributed by atoms with Gasteiger partial charge in [-0.3, -0.25) is 19.4 Å². The van der Waals surface area contributed by atoms with Crippen LogP contribution in [0.3, 0.4) is 0 Å². The van der Waals surface area contributed by atoms with E-state index in [9.17, 15) is 19.8 Å². The van der Waals surface area contributed by atoms with Crippen molar-refractivity contribution in [3.8, 4) is 0 Å². The summed E-state index contributed by atoms with van der Waals surface area (Å²) in [6.45, 7) is 8.71. The summed E-state index contributed by atoms with van der Waals surface area (Å²) in [6, 6.07) is -1.16. The first kappa shape index (κ1) is 18.8. The summed E-state index contributed by atoms with van der Waals surface area (Å²) in [5.74, 6) is -1.71. The number of nitrogens with zero attached hydrogens (tertiary/aromatic N) is 2. The fourth-order valence-corrected chi connectivity index (χ4v) is 2.44. The lowest BCUT2D eigenvalue weighted by atomic mass is 10.2. The second-order valence-electron chi connectivity index (χ2n) is 5.60. The van der Waals surface area contributed by atoms with Crippen LogP contribution in [0.4, 0.5) is 0 Å². The predicted molar refractivity (Wildman–Crippen MR) is 83.1 cm³/mol. The number of rotatable bonds is 4. The first-order valence-corrected chi connectivity index (χ1v) is 7.78. The van der Waals surface area contributed by atoms with Crippen LogP contribution < -0.4 is 10.6 Å². The number of nitrogens with one attached hydrogen (secondary N) is 2. The average molecular weight is 316 g/mol. The number of carboxylic acids is 2. The Labute approximate surface area is 131 Å². The summed E-state index contributed by atoms with van der Waals surface area (Å²) in [6.07, 6.45) is 0. The van der Waals surface area contributed by atoms with Crippen LogP contribution >= 0.6 is 0 Å². The van der Waals surface area contributed by atoms with Crippen LogP contribution in [0.25, 0.3) is 0 Å². The number of hydrogen-bond acceptors (Lipinski definition) is 6. The third kappa shape index (κ3) is 6.27. The van der Waals surface area contributed by atoms with Crippen molar-refractivity contribution in [2.45, 2.75) is 25.9 Å². The highest BCUT2D eigenvalue weighted by Crippen LogP contribution is 2.04. The molecule has 1 aliphatic rings. The number of carbonyl (C=O) groups is 2. The summed E-state index contributed by atoms with van der Waals surface area (Å²) in [5.41, 5.74) is 0. The van der Waals surface area contributed by atoms with E-state index in [-0.39, 0.29) is 0 Å². The molecule has 22 heavy (non-hydrogen) atoms. The molecule has 1 heterocycles. The molecule has 1 aliphatic heterocycles. The van der Waals surface area contributed by atoms with Gasteiger partial charge in [-0.2, -0.15) is 0 Å². The quantitative estimate of drug-likeness (QED) is 0.509. The Morgan fingerprint density at radius 1 is 0.773 bits per heavy atom. The molecule has 0 aromatic rings. The van der Waals surface area contributed by atoms with E-state index in [2.05, 4.69) is 10.6 Å². The summed E-state index contributed by atoms with van der Waals surface area (Å²) in [4.78, 5) is 26.2. The van der Waals surface area contributed by atoms with Gasteiger partial charge in [-0.05, 0) is 13.8 Å².